The van der Waals surface area contributed by atoms with Gasteiger partial charge in [0, 0.05) is 55.4 Å². The second kappa shape index (κ2) is 7.52. The van der Waals surface area contributed by atoms with Crippen LogP contribution in [0.1, 0.15) is 30.7 Å². The molecular weight excluding hydrogens is 474 g/mol. The third-order valence-corrected chi connectivity index (χ3v) is 8.74. The number of hydrogen-bond acceptors (Lipinski definition) is 7. The highest BCUT2D eigenvalue weighted by Gasteiger charge is 2.50. The van der Waals surface area contributed by atoms with Gasteiger partial charge in [0.1, 0.15) is 22.9 Å². The van der Waals surface area contributed by atoms with Gasteiger partial charge in [-0.05, 0) is 50.1 Å². The summed E-state index contributed by atoms with van der Waals surface area (Å²) in [7, 11) is 2.17. The molecule has 1 N–H and O–H groups in total. The fourth-order valence-corrected chi connectivity index (χ4v) is 6.41. The average Bonchev–Trinajstić information content (AvgIpc) is 3.44. The van der Waals surface area contributed by atoms with Crippen LogP contribution in [0.4, 0.5) is 20.5 Å². The summed E-state index contributed by atoms with van der Waals surface area (Å²) in [5.74, 6) is 0.619. The first-order valence-corrected chi connectivity index (χ1v) is 12.9. The lowest BCUT2D eigenvalue weighted by Crippen LogP contribution is -2.77. The van der Waals surface area contributed by atoms with Gasteiger partial charge < -0.3 is 9.88 Å². The number of hydrogen-bond donors (Lipinski definition) is 1. The molecule has 0 bridgehead atoms. The molecule has 8 nitrogen and oxygen atoms in total. The van der Waals surface area contributed by atoms with E-state index in [2.05, 4.69) is 46.7 Å². The molecule has 8 rings (SSSR count). The maximum absolute atomic E-state index is 15.1. The number of pyridine rings is 1. The Morgan fingerprint density at radius 3 is 2.62 bits per heavy atom. The molecule has 1 spiro atoms. The number of aromatic nitrogens is 5. The number of halogens is 2. The van der Waals surface area contributed by atoms with Gasteiger partial charge in [0.15, 0.2) is 11.6 Å². The zero-order valence-corrected chi connectivity index (χ0v) is 20.5. The average molecular weight is 501 g/mol. The van der Waals surface area contributed by atoms with E-state index < -0.39 is 11.6 Å². The summed E-state index contributed by atoms with van der Waals surface area (Å²) in [6, 6.07) is 8.40. The molecule has 0 amide bonds. The molecule has 3 aromatic heterocycles. The number of anilines is 2. The van der Waals surface area contributed by atoms with Gasteiger partial charge in [0.25, 0.3) is 0 Å². The Balaban J connectivity index is 1.05. The molecule has 3 fully saturated rings. The maximum atomic E-state index is 15.1. The van der Waals surface area contributed by atoms with E-state index in [4.69, 9.17) is 0 Å². The lowest BCUT2D eigenvalue weighted by Gasteiger charge is -2.61. The number of fused-ring (bicyclic) bond motifs is 5. The van der Waals surface area contributed by atoms with Gasteiger partial charge in [-0.3, -0.25) is 9.80 Å². The molecule has 3 aliphatic heterocycles. The van der Waals surface area contributed by atoms with Crippen LogP contribution in [0.5, 0.6) is 0 Å². The highest BCUT2D eigenvalue weighted by Crippen LogP contribution is 2.53. The van der Waals surface area contributed by atoms with Crippen molar-refractivity contribution in [2.24, 2.45) is 0 Å². The predicted molar refractivity (Wildman–Crippen MR) is 134 cm³/mol. The van der Waals surface area contributed by atoms with Crippen LogP contribution >= 0.6 is 0 Å². The molecule has 188 valence electrons. The van der Waals surface area contributed by atoms with E-state index in [1.807, 2.05) is 24.4 Å². The summed E-state index contributed by atoms with van der Waals surface area (Å²) in [4.78, 5) is 22.4. The molecule has 0 radical (unpaired) electrons. The van der Waals surface area contributed by atoms with E-state index in [1.54, 1.807) is 0 Å². The molecule has 10 heteroatoms. The summed E-state index contributed by atoms with van der Waals surface area (Å²) in [6.07, 6.45) is 7.00. The summed E-state index contributed by atoms with van der Waals surface area (Å²) < 4.78 is 32.1. The number of benzene rings is 1. The highest BCUT2D eigenvalue weighted by molar-refractivity contribution is 5.83. The molecular formula is C27H26F2N8. The third-order valence-electron chi connectivity index (χ3n) is 8.74. The van der Waals surface area contributed by atoms with Crippen LogP contribution in [0.25, 0.3) is 22.3 Å². The third kappa shape index (κ3) is 3.25. The first-order chi connectivity index (χ1) is 18.0. The summed E-state index contributed by atoms with van der Waals surface area (Å²) in [5, 5.41) is 3.06. The Kier molecular flexibility index (Phi) is 4.38. The smallest absolute Gasteiger partial charge is 0.229 e. The van der Waals surface area contributed by atoms with Crippen LogP contribution in [0.2, 0.25) is 0 Å². The van der Waals surface area contributed by atoms with Crippen molar-refractivity contribution in [2.45, 2.75) is 49.9 Å². The molecule has 1 saturated carbocycles. The topological polar surface area (TPSA) is 75.0 Å². The number of nitrogens with zero attached hydrogens (tertiary/aromatic N) is 7. The minimum Gasteiger partial charge on any atom is -0.322 e. The molecule has 4 aliphatic rings. The van der Waals surface area contributed by atoms with E-state index in [1.165, 1.54) is 6.07 Å². The fraction of sp³-hybridized carbons (Fsp3) is 0.407. The Morgan fingerprint density at radius 1 is 1.00 bits per heavy atom. The van der Waals surface area contributed by atoms with Crippen LogP contribution < -0.4 is 5.32 Å². The van der Waals surface area contributed by atoms with Crippen molar-refractivity contribution in [1.82, 2.24) is 34.3 Å². The van der Waals surface area contributed by atoms with Crippen molar-refractivity contribution in [3.63, 3.8) is 0 Å². The fourth-order valence-electron chi connectivity index (χ4n) is 6.41. The first kappa shape index (κ1) is 21.6. The van der Waals surface area contributed by atoms with Crippen LogP contribution in [-0.2, 0) is 18.5 Å². The van der Waals surface area contributed by atoms with Crippen LogP contribution in [0.15, 0.2) is 36.7 Å². The maximum Gasteiger partial charge on any atom is 0.229 e. The van der Waals surface area contributed by atoms with Gasteiger partial charge in [0.05, 0.1) is 11.7 Å². The largest absolute Gasteiger partial charge is 0.322 e. The van der Waals surface area contributed by atoms with E-state index in [-0.39, 0.29) is 17.2 Å². The zero-order valence-electron chi connectivity index (χ0n) is 20.5. The Hall–Kier alpha value is -3.50. The van der Waals surface area contributed by atoms with Crippen molar-refractivity contribution >= 4 is 22.8 Å². The Labute approximate surface area is 212 Å². The lowest BCUT2D eigenvalue weighted by atomic mass is 9.86. The van der Waals surface area contributed by atoms with Crippen molar-refractivity contribution in [2.75, 3.05) is 25.5 Å². The second-order valence-electron chi connectivity index (χ2n) is 11.0. The van der Waals surface area contributed by atoms with Crippen molar-refractivity contribution < 1.29 is 8.78 Å². The predicted octanol–water partition coefficient (Wildman–Crippen LogP) is 3.84. The van der Waals surface area contributed by atoms with Gasteiger partial charge in [-0.2, -0.15) is 0 Å². The van der Waals surface area contributed by atoms with Gasteiger partial charge in [-0.25, -0.2) is 28.7 Å². The molecule has 37 heavy (non-hydrogen) atoms. The summed E-state index contributed by atoms with van der Waals surface area (Å²) in [6.45, 7) is 3.11. The van der Waals surface area contributed by atoms with Gasteiger partial charge in [-0.15, -0.1) is 0 Å². The van der Waals surface area contributed by atoms with Gasteiger partial charge in [-0.1, -0.05) is 6.07 Å². The van der Waals surface area contributed by atoms with E-state index in [0.717, 1.165) is 62.9 Å². The quantitative estimate of drug-likeness (QED) is 0.446. The Bertz CT molecular complexity index is 1560. The molecule has 2 saturated heterocycles. The molecule has 1 aromatic carbocycles. The molecule has 1 aliphatic carbocycles. The number of piperazine rings is 1. The molecule has 4 aromatic rings. The van der Waals surface area contributed by atoms with Gasteiger partial charge in [0.2, 0.25) is 5.95 Å². The summed E-state index contributed by atoms with van der Waals surface area (Å²) >= 11 is 0. The van der Waals surface area contributed by atoms with E-state index >= 15 is 4.39 Å². The van der Waals surface area contributed by atoms with Gasteiger partial charge >= 0.3 is 0 Å². The minimum absolute atomic E-state index is 0.0473. The number of likely N-dealkylation sites (N-methyl/N-ethyl adjacent to an activating group) is 1. The standard InChI is InChI=1S/C27H26F2N8/c1-35-13-21-20(35)14-36(21)12-15-2-3-22(30-10-15)32-26-31-11-18(29)24(34-26)16-8-17(28)25-19(9-16)37-23(33-25)4-5-27(37)6-7-27/h2-3,8-11,20-21H,4-7,12-14H2,1H3,(H,30,31,32,34)/t20-,21?/m1/s1. The second-order valence-corrected chi connectivity index (χ2v) is 11.0. The first-order valence-electron chi connectivity index (χ1n) is 12.9. The van der Waals surface area contributed by atoms with Crippen LogP contribution in [0, 0.1) is 11.6 Å². The SMILES string of the molecule is CN1CC2[C@H]1CN2Cc1ccc(Nc2ncc(F)c(-c3cc(F)c4nc5n(c4c3)C3(CC5)CC3)n2)nc1. The van der Waals surface area contributed by atoms with Crippen LogP contribution in [-0.4, -0.2) is 66.5 Å². The highest BCUT2D eigenvalue weighted by atomic mass is 19.1. The lowest BCUT2D eigenvalue weighted by molar-refractivity contribution is -0.115. The number of nitrogens with one attached hydrogen (secondary N) is 1. The number of rotatable bonds is 5. The van der Waals surface area contributed by atoms with Crippen molar-refractivity contribution in [3.05, 3.63) is 59.7 Å². The van der Waals surface area contributed by atoms with Crippen molar-refractivity contribution in [1.29, 1.82) is 0 Å². The zero-order chi connectivity index (χ0) is 24.9. The number of likely N-dealkylation sites (tertiary alicyclic amines) is 2. The van der Waals surface area contributed by atoms with Crippen molar-refractivity contribution in [3.8, 4) is 11.3 Å². The molecule has 1 unspecified atom stereocenters. The summed E-state index contributed by atoms with van der Waals surface area (Å²) in [5.41, 5.74) is 2.69. The molecule has 2 atom stereocenters. The number of imidazole rings is 1. The molecule has 6 heterocycles. The van der Waals surface area contributed by atoms with E-state index in [9.17, 15) is 4.39 Å². The number of aryl methyl sites for hydroxylation is 1. The van der Waals surface area contributed by atoms with E-state index in [0.29, 0.717) is 34.5 Å². The normalized spacial score (nSPS) is 23.5. The van der Waals surface area contributed by atoms with Crippen LogP contribution in [0.3, 0.4) is 0 Å². The monoisotopic (exact) mass is 500 g/mol. The Morgan fingerprint density at radius 2 is 1.89 bits per heavy atom. The minimum atomic E-state index is -0.607.